The maximum Gasteiger partial charge on any atom is 0.502 e. The Kier molecular flexibility index (Phi) is 3.39. The highest BCUT2D eigenvalue weighted by Gasteiger charge is 2.14. The lowest BCUT2D eigenvalue weighted by molar-refractivity contribution is 0.480. The van der Waals surface area contributed by atoms with Crippen LogP contribution in [-0.4, -0.2) is 12.1 Å². The normalized spacial score (nSPS) is 9.73. The van der Waals surface area contributed by atoms with Crippen molar-refractivity contribution in [1.29, 1.82) is 0 Å². The number of hydrogen-bond donors (Lipinski definition) is 1. The van der Waals surface area contributed by atoms with Gasteiger partial charge in [-0.05, 0) is 17.6 Å². The molecule has 0 saturated heterocycles. The second-order valence-electron chi connectivity index (χ2n) is 2.00. The first-order valence-electron chi connectivity index (χ1n) is 2.95. The summed E-state index contributed by atoms with van der Waals surface area (Å²) in [5, 5.41) is 9.70. The van der Waals surface area contributed by atoms with Gasteiger partial charge in [0, 0.05) is 5.02 Å². The summed E-state index contributed by atoms with van der Waals surface area (Å²) in [6.07, 6.45) is 0. The van der Waals surface area contributed by atoms with Crippen LogP contribution >= 0.6 is 27.9 Å². The minimum atomic E-state index is -0.964. The van der Waals surface area contributed by atoms with Gasteiger partial charge in [-0.3, -0.25) is 0 Å². The molecule has 58 valence electrons. The average molecular weight is 235 g/mol. The van der Waals surface area contributed by atoms with Crippen LogP contribution < -0.4 is 5.46 Å². The molecule has 0 heterocycles. The minimum absolute atomic E-state index is 0.575. The summed E-state index contributed by atoms with van der Waals surface area (Å²) in [4.78, 5) is 0. The van der Waals surface area contributed by atoms with Crippen LogP contribution in [0.1, 0.15) is 0 Å². The molecule has 0 unspecified atom stereocenters. The maximum atomic E-state index is 9.13. The van der Waals surface area contributed by atoms with Gasteiger partial charge in [0.05, 0.1) is 16.3 Å². The summed E-state index contributed by atoms with van der Waals surface area (Å²) in [6, 6.07) is 6.82. The molecule has 0 saturated carbocycles. The van der Waals surface area contributed by atoms with Crippen molar-refractivity contribution in [3.05, 3.63) is 29.3 Å². The van der Waals surface area contributed by atoms with Gasteiger partial charge < -0.3 is 8.77 Å². The Hall–Kier alpha value is -0.0251. The lowest BCUT2D eigenvalue weighted by Gasteiger charge is -2.00. The van der Waals surface area contributed by atoms with Crippen LogP contribution in [0.5, 0.6) is 0 Å². The van der Waals surface area contributed by atoms with Gasteiger partial charge in [0.25, 0.3) is 0 Å². The van der Waals surface area contributed by atoms with Crippen molar-refractivity contribution in [3.8, 4) is 0 Å². The van der Waals surface area contributed by atoms with E-state index in [1.165, 1.54) is 0 Å². The average Bonchev–Trinajstić information content (AvgIpc) is 2.03. The van der Waals surface area contributed by atoms with E-state index in [1.807, 2.05) is 0 Å². The number of benzene rings is 1. The zero-order chi connectivity index (χ0) is 8.27. The Morgan fingerprint density at radius 2 is 2.27 bits per heavy atom. The van der Waals surface area contributed by atoms with Crippen LogP contribution in [0.3, 0.4) is 0 Å². The highest BCUT2D eigenvalue weighted by atomic mass is 79.9. The fourth-order valence-electron chi connectivity index (χ4n) is 0.712. The zero-order valence-electron chi connectivity index (χ0n) is 5.50. The molecule has 0 radical (unpaired) electrons. The molecular weight excluding hydrogens is 230 g/mol. The predicted molar refractivity (Wildman–Crippen MR) is 49.1 cm³/mol. The second-order valence-corrected chi connectivity index (χ2v) is 2.81. The molecule has 0 aliphatic carbocycles. The van der Waals surface area contributed by atoms with Crippen LogP contribution in [0.25, 0.3) is 0 Å². The Morgan fingerprint density at radius 3 is 2.82 bits per heavy atom. The summed E-state index contributed by atoms with van der Waals surface area (Å²) in [7, 11) is -0.964. The van der Waals surface area contributed by atoms with E-state index in [4.69, 9.17) is 16.6 Å². The molecule has 0 amide bonds. The van der Waals surface area contributed by atoms with Gasteiger partial charge in [0.2, 0.25) is 0 Å². The summed E-state index contributed by atoms with van der Waals surface area (Å²) < 4.78 is 4.50. The van der Waals surface area contributed by atoms with E-state index >= 15 is 0 Å². The van der Waals surface area contributed by atoms with Crippen LogP contribution in [0.2, 0.25) is 5.02 Å². The van der Waals surface area contributed by atoms with Crippen molar-refractivity contribution in [2.45, 2.75) is 0 Å². The van der Waals surface area contributed by atoms with Crippen LogP contribution in [0.15, 0.2) is 24.3 Å². The SMILES string of the molecule is OB(OBr)c1cccc(Cl)c1. The fourth-order valence-corrected chi connectivity index (χ4v) is 1.13. The third kappa shape index (κ3) is 2.49. The van der Waals surface area contributed by atoms with Crippen LogP contribution in [-0.2, 0) is 3.75 Å². The van der Waals surface area contributed by atoms with Gasteiger partial charge >= 0.3 is 7.12 Å². The van der Waals surface area contributed by atoms with Gasteiger partial charge in [0.1, 0.15) is 0 Å². The molecule has 0 bridgehead atoms. The summed E-state index contributed by atoms with van der Waals surface area (Å²) in [6.45, 7) is 0. The van der Waals surface area contributed by atoms with Gasteiger partial charge in [-0.25, -0.2) is 0 Å². The van der Waals surface area contributed by atoms with E-state index in [0.717, 1.165) is 0 Å². The van der Waals surface area contributed by atoms with Crippen molar-refractivity contribution in [2.75, 3.05) is 0 Å². The molecular formula is C6H5BBrClO2. The number of hydrogen-bond acceptors (Lipinski definition) is 2. The molecule has 1 N–H and O–H groups in total. The Balaban J connectivity index is 2.86. The summed E-state index contributed by atoms with van der Waals surface area (Å²) >= 11 is 8.35. The van der Waals surface area contributed by atoms with Gasteiger partial charge in [-0.2, -0.15) is 0 Å². The van der Waals surface area contributed by atoms with Crippen molar-refractivity contribution in [3.63, 3.8) is 0 Å². The minimum Gasteiger partial charge on any atom is -0.423 e. The van der Waals surface area contributed by atoms with Crippen LogP contribution in [0.4, 0.5) is 0 Å². The lowest BCUT2D eigenvalue weighted by atomic mass is 9.80. The third-order valence-corrected chi connectivity index (χ3v) is 1.81. The van der Waals surface area contributed by atoms with E-state index in [1.54, 1.807) is 24.3 Å². The van der Waals surface area contributed by atoms with E-state index in [2.05, 4.69) is 20.0 Å². The van der Waals surface area contributed by atoms with Crippen molar-refractivity contribution in [1.82, 2.24) is 0 Å². The standard InChI is InChI=1S/C6H5BBrClO2/c8-11-7(10)5-2-1-3-6(9)4-5/h1-4,10H. The topological polar surface area (TPSA) is 29.5 Å². The first-order valence-corrected chi connectivity index (χ1v) is 3.97. The first kappa shape index (κ1) is 9.07. The second kappa shape index (κ2) is 4.11. The molecule has 5 heteroatoms. The Labute approximate surface area is 78.7 Å². The number of rotatable bonds is 2. The molecule has 1 aromatic rings. The van der Waals surface area contributed by atoms with Gasteiger partial charge in [-0.15, -0.1) is 0 Å². The fraction of sp³-hybridized carbons (Fsp3) is 0. The molecule has 11 heavy (non-hydrogen) atoms. The first-order chi connectivity index (χ1) is 5.24. The smallest absolute Gasteiger partial charge is 0.423 e. The predicted octanol–water partition coefficient (Wildman–Crippen LogP) is 1.35. The zero-order valence-corrected chi connectivity index (χ0v) is 7.84. The molecule has 0 spiro atoms. The molecule has 0 fully saturated rings. The molecule has 2 nitrogen and oxygen atoms in total. The lowest BCUT2D eigenvalue weighted by Crippen LogP contribution is -2.30. The van der Waals surface area contributed by atoms with E-state index in [9.17, 15) is 0 Å². The van der Waals surface area contributed by atoms with Crippen molar-refractivity contribution >= 4 is 40.4 Å². The Bertz CT molecular complexity index is 246. The number of halogens is 2. The monoisotopic (exact) mass is 234 g/mol. The van der Waals surface area contributed by atoms with Gasteiger partial charge in [-0.1, -0.05) is 23.7 Å². The maximum absolute atomic E-state index is 9.13. The molecule has 0 aliphatic rings. The molecule has 0 aromatic heterocycles. The largest absolute Gasteiger partial charge is 0.502 e. The molecule has 0 atom stereocenters. The van der Waals surface area contributed by atoms with Crippen molar-refractivity contribution < 1.29 is 8.77 Å². The molecule has 0 aliphatic heterocycles. The molecule has 1 rings (SSSR count). The Morgan fingerprint density at radius 1 is 1.55 bits per heavy atom. The van der Waals surface area contributed by atoms with Crippen LogP contribution in [0, 0.1) is 0 Å². The highest BCUT2D eigenvalue weighted by Crippen LogP contribution is 2.04. The quantitative estimate of drug-likeness (QED) is 0.784. The van der Waals surface area contributed by atoms with E-state index in [-0.39, 0.29) is 0 Å². The third-order valence-electron chi connectivity index (χ3n) is 1.22. The van der Waals surface area contributed by atoms with E-state index < -0.39 is 7.12 Å². The summed E-state index contributed by atoms with van der Waals surface area (Å²) in [5.41, 5.74) is 0.620. The van der Waals surface area contributed by atoms with E-state index in [0.29, 0.717) is 10.5 Å². The highest BCUT2D eigenvalue weighted by molar-refractivity contribution is 9.06. The summed E-state index contributed by atoms with van der Waals surface area (Å²) in [5.74, 6) is 0. The van der Waals surface area contributed by atoms with Gasteiger partial charge in [0.15, 0.2) is 0 Å². The van der Waals surface area contributed by atoms with Crippen molar-refractivity contribution in [2.24, 2.45) is 0 Å². The molecule has 1 aromatic carbocycles.